The summed E-state index contributed by atoms with van der Waals surface area (Å²) >= 11 is 0. The van der Waals surface area contributed by atoms with E-state index in [1.807, 2.05) is 26.2 Å². The minimum absolute atomic E-state index is 0. The van der Waals surface area contributed by atoms with Crippen LogP contribution < -0.4 is 10.6 Å². The molecule has 1 aromatic heterocycles. The number of hydrogen-bond acceptors (Lipinski definition) is 5. The van der Waals surface area contributed by atoms with Crippen LogP contribution in [0.2, 0.25) is 0 Å². The number of rotatable bonds is 11. The van der Waals surface area contributed by atoms with Crippen molar-refractivity contribution in [3.05, 3.63) is 24.2 Å². The number of aliphatic imine (C=N–C) groups is 1. The molecule has 8 nitrogen and oxygen atoms in total. The minimum atomic E-state index is 0. The number of nitrogens with one attached hydrogen (secondary N) is 2. The third-order valence-electron chi connectivity index (χ3n) is 4.81. The maximum atomic E-state index is 12.2. The van der Waals surface area contributed by atoms with Gasteiger partial charge in [0.1, 0.15) is 12.4 Å². The van der Waals surface area contributed by atoms with Crippen LogP contribution in [0.3, 0.4) is 0 Å². The molecule has 1 aliphatic rings. The second-order valence-corrected chi connectivity index (χ2v) is 7.19. The van der Waals surface area contributed by atoms with Crippen LogP contribution in [0.4, 0.5) is 0 Å². The van der Waals surface area contributed by atoms with Crippen LogP contribution >= 0.6 is 24.0 Å². The largest absolute Gasteiger partial charge is 0.467 e. The summed E-state index contributed by atoms with van der Waals surface area (Å²) in [5.41, 5.74) is 0. The first kappa shape index (κ1) is 25.7. The summed E-state index contributed by atoms with van der Waals surface area (Å²) in [7, 11) is 5.44. The Morgan fingerprint density at radius 3 is 2.76 bits per heavy atom. The molecule has 2 heterocycles. The van der Waals surface area contributed by atoms with E-state index in [9.17, 15) is 4.79 Å². The van der Waals surface area contributed by atoms with Crippen LogP contribution in [0, 0.1) is 0 Å². The molecule has 1 aromatic rings. The van der Waals surface area contributed by atoms with E-state index in [4.69, 9.17) is 9.15 Å². The van der Waals surface area contributed by atoms with Crippen LogP contribution in [-0.2, 0) is 16.1 Å². The second kappa shape index (κ2) is 14.6. The van der Waals surface area contributed by atoms with Gasteiger partial charge in [-0.3, -0.25) is 14.7 Å². The average molecular weight is 521 g/mol. The third-order valence-corrected chi connectivity index (χ3v) is 4.81. The van der Waals surface area contributed by atoms with Gasteiger partial charge in [-0.05, 0) is 44.4 Å². The van der Waals surface area contributed by atoms with Gasteiger partial charge in [0, 0.05) is 47.4 Å². The van der Waals surface area contributed by atoms with E-state index in [0.29, 0.717) is 13.2 Å². The molecule has 2 N–H and O–H groups in total. The van der Waals surface area contributed by atoms with Crippen LogP contribution in [-0.4, -0.2) is 81.6 Å². The number of guanidine groups is 1. The SMILES string of the molecule is CN=C(NCCCOCc1ccco1)NCCCN1CCCC1C(=O)N(C)C.I. The van der Waals surface area contributed by atoms with Crippen LogP contribution in [0.15, 0.2) is 27.8 Å². The Bertz CT molecular complexity index is 595. The number of carbonyl (C=O) groups excluding carboxylic acids is 1. The van der Waals surface area contributed by atoms with Crippen LogP contribution in [0.25, 0.3) is 0 Å². The van der Waals surface area contributed by atoms with Crippen molar-refractivity contribution in [2.24, 2.45) is 4.99 Å². The van der Waals surface area contributed by atoms with Gasteiger partial charge in [0.15, 0.2) is 5.96 Å². The zero-order valence-corrected chi connectivity index (χ0v) is 20.2. The molecule has 1 aliphatic heterocycles. The highest BCUT2D eigenvalue weighted by atomic mass is 127. The lowest BCUT2D eigenvalue weighted by Gasteiger charge is -2.26. The summed E-state index contributed by atoms with van der Waals surface area (Å²) in [4.78, 5) is 20.5. The Labute approximate surface area is 191 Å². The standard InChI is InChI=1S/C20H35N5O3.HI/c1-21-20(23-11-7-14-27-16-17-8-5-15-28-17)22-10-6-13-25-12-4-9-18(25)19(26)24(2)3;/h5,8,15,18H,4,6-7,9-14,16H2,1-3H3,(H2,21,22,23);1H. The van der Waals surface area contributed by atoms with E-state index in [1.54, 1.807) is 18.2 Å². The van der Waals surface area contributed by atoms with Crippen molar-refractivity contribution in [1.29, 1.82) is 0 Å². The molecule has 0 aromatic carbocycles. The van der Waals surface area contributed by atoms with E-state index >= 15 is 0 Å². The first-order valence-corrected chi connectivity index (χ1v) is 10.1. The molecule has 1 fully saturated rings. The molecule has 9 heteroatoms. The summed E-state index contributed by atoms with van der Waals surface area (Å²) in [6.45, 7) is 4.73. The molecular formula is C20H36IN5O3. The van der Waals surface area contributed by atoms with Gasteiger partial charge in [0.2, 0.25) is 5.91 Å². The number of likely N-dealkylation sites (N-methyl/N-ethyl adjacent to an activating group) is 1. The zero-order chi connectivity index (χ0) is 20.2. The number of ether oxygens (including phenoxy) is 1. The van der Waals surface area contributed by atoms with Crippen LogP contribution in [0.5, 0.6) is 0 Å². The number of hydrogen-bond donors (Lipinski definition) is 2. The van der Waals surface area contributed by atoms with Gasteiger partial charge >= 0.3 is 0 Å². The van der Waals surface area contributed by atoms with E-state index in [-0.39, 0.29) is 35.9 Å². The number of furan rings is 1. The van der Waals surface area contributed by atoms with Gasteiger partial charge < -0.3 is 24.7 Å². The summed E-state index contributed by atoms with van der Waals surface area (Å²) in [6.07, 6.45) is 5.59. The maximum Gasteiger partial charge on any atom is 0.239 e. The van der Waals surface area contributed by atoms with Gasteiger partial charge in [-0.1, -0.05) is 0 Å². The number of nitrogens with zero attached hydrogens (tertiary/aromatic N) is 3. The lowest BCUT2D eigenvalue weighted by Crippen LogP contribution is -2.44. The molecule has 0 saturated carbocycles. The molecule has 0 bridgehead atoms. The summed E-state index contributed by atoms with van der Waals surface area (Å²) in [6, 6.07) is 3.82. The molecule has 1 saturated heterocycles. The van der Waals surface area contributed by atoms with Gasteiger partial charge in [0.25, 0.3) is 0 Å². The highest BCUT2D eigenvalue weighted by Gasteiger charge is 2.30. The van der Waals surface area contributed by atoms with Crippen molar-refractivity contribution in [2.45, 2.75) is 38.3 Å². The smallest absolute Gasteiger partial charge is 0.239 e. The first-order chi connectivity index (χ1) is 13.6. The maximum absolute atomic E-state index is 12.2. The second-order valence-electron chi connectivity index (χ2n) is 7.19. The molecule has 1 atom stereocenters. The topological polar surface area (TPSA) is 82.3 Å². The lowest BCUT2D eigenvalue weighted by atomic mass is 10.2. The quantitative estimate of drug-likeness (QED) is 0.201. The summed E-state index contributed by atoms with van der Waals surface area (Å²) < 4.78 is 10.8. The summed E-state index contributed by atoms with van der Waals surface area (Å²) in [5, 5.41) is 6.63. The fourth-order valence-electron chi connectivity index (χ4n) is 3.33. The van der Waals surface area contributed by atoms with Crippen molar-refractivity contribution in [3.63, 3.8) is 0 Å². The molecule has 0 aliphatic carbocycles. The molecule has 0 radical (unpaired) electrons. The number of halogens is 1. The molecule has 29 heavy (non-hydrogen) atoms. The molecule has 166 valence electrons. The predicted octanol–water partition coefficient (Wildman–Crippen LogP) is 1.91. The van der Waals surface area contributed by atoms with Crippen molar-refractivity contribution in [1.82, 2.24) is 20.4 Å². The monoisotopic (exact) mass is 521 g/mol. The highest BCUT2D eigenvalue weighted by Crippen LogP contribution is 2.18. The van der Waals surface area contributed by atoms with Gasteiger partial charge in [-0.15, -0.1) is 24.0 Å². The minimum Gasteiger partial charge on any atom is -0.467 e. The highest BCUT2D eigenvalue weighted by molar-refractivity contribution is 14.0. The third kappa shape index (κ3) is 9.35. The average Bonchev–Trinajstić information content (AvgIpc) is 3.37. The fourth-order valence-corrected chi connectivity index (χ4v) is 3.33. The molecule has 0 spiro atoms. The molecular weight excluding hydrogens is 485 g/mol. The molecule has 1 unspecified atom stereocenters. The van der Waals surface area contributed by atoms with Gasteiger partial charge in [-0.2, -0.15) is 0 Å². The summed E-state index contributed by atoms with van der Waals surface area (Å²) in [5.74, 6) is 1.86. The number of carbonyl (C=O) groups is 1. The Hall–Kier alpha value is -1.33. The Morgan fingerprint density at radius 1 is 1.34 bits per heavy atom. The van der Waals surface area contributed by atoms with Crippen LogP contribution in [0.1, 0.15) is 31.4 Å². The molecule has 1 amide bonds. The van der Waals surface area contributed by atoms with Crippen molar-refractivity contribution >= 4 is 35.8 Å². The van der Waals surface area contributed by atoms with Gasteiger partial charge in [-0.25, -0.2) is 0 Å². The normalized spacial score (nSPS) is 17.1. The van der Waals surface area contributed by atoms with Crippen molar-refractivity contribution in [2.75, 3.05) is 53.9 Å². The first-order valence-electron chi connectivity index (χ1n) is 10.1. The van der Waals surface area contributed by atoms with E-state index in [1.165, 1.54) is 0 Å². The lowest BCUT2D eigenvalue weighted by molar-refractivity contribution is -0.133. The number of amides is 1. The van der Waals surface area contributed by atoms with E-state index < -0.39 is 0 Å². The predicted molar refractivity (Wildman–Crippen MR) is 126 cm³/mol. The van der Waals surface area contributed by atoms with E-state index in [2.05, 4.69) is 20.5 Å². The zero-order valence-electron chi connectivity index (χ0n) is 17.9. The fraction of sp³-hybridized carbons (Fsp3) is 0.700. The van der Waals surface area contributed by atoms with Gasteiger partial charge in [0.05, 0.1) is 12.3 Å². The Balaban J connectivity index is 0.00000420. The number of likely N-dealkylation sites (tertiary alicyclic amines) is 1. The Kier molecular flexibility index (Phi) is 13.0. The van der Waals surface area contributed by atoms with Crippen molar-refractivity contribution in [3.8, 4) is 0 Å². The van der Waals surface area contributed by atoms with E-state index in [0.717, 1.165) is 63.6 Å². The molecule has 2 rings (SSSR count). The van der Waals surface area contributed by atoms with Crippen molar-refractivity contribution < 1.29 is 13.9 Å². The Morgan fingerprint density at radius 2 is 2.10 bits per heavy atom.